The number of aryl methyl sites for hydroxylation is 1. The summed E-state index contributed by atoms with van der Waals surface area (Å²) < 4.78 is 17.0. The first-order valence-electron chi connectivity index (χ1n) is 9.69. The summed E-state index contributed by atoms with van der Waals surface area (Å²) in [6.07, 6.45) is 1.17. The first-order chi connectivity index (χ1) is 13.7. The molecule has 0 atom stereocenters. The van der Waals surface area contributed by atoms with Crippen molar-refractivity contribution < 1.29 is 28.6 Å². The molecule has 0 spiro atoms. The zero-order chi connectivity index (χ0) is 23.1. The van der Waals surface area contributed by atoms with Crippen LogP contribution in [0.5, 0.6) is 0 Å². The molecule has 1 heterocycles. The highest BCUT2D eigenvalue weighted by Gasteiger charge is 2.25. The van der Waals surface area contributed by atoms with Gasteiger partial charge in [0.05, 0.1) is 12.1 Å². The lowest BCUT2D eigenvalue weighted by Gasteiger charge is -2.20. The fourth-order valence-corrected chi connectivity index (χ4v) is 2.86. The maximum Gasteiger partial charge on any atom is 0.420 e. The third-order valence-electron chi connectivity index (χ3n) is 3.26. The third kappa shape index (κ3) is 10.6. The van der Waals surface area contributed by atoms with Crippen LogP contribution in [0.3, 0.4) is 0 Å². The van der Waals surface area contributed by atoms with Gasteiger partial charge in [0.2, 0.25) is 0 Å². The van der Waals surface area contributed by atoms with Gasteiger partial charge in [-0.2, -0.15) is 0 Å². The highest BCUT2D eigenvalue weighted by atomic mass is 32.2. The van der Waals surface area contributed by atoms with E-state index < -0.39 is 22.6 Å². The van der Waals surface area contributed by atoms with Gasteiger partial charge < -0.3 is 19.1 Å². The summed E-state index contributed by atoms with van der Waals surface area (Å²) in [4.78, 5) is 42.9. The largest absolute Gasteiger partial charge is 0.464 e. The molecule has 1 aromatic rings. The molecule has 0 fully saturated rings. The van der Waals surface area contributed by atoms with Gasteiger partial charge in [-0.15, -0.1) is 0 Å². The van der Waals surface area contributed by atoms with E-state index in [1.54, 1.807) is 41.5 Å². The van der Waals surface area contributed by atoms with Crippen molar-refractivity contribution in [2.24, 2.45) is 0 Å². The van der Waals surface area contributed by atoms with Crippen LogP contribution in [0, 0.1) is 0 Å². The Balaban J connectivity index is 2.89. The van der Waals surface area contributed by atoms with E-state index in [0.29, 0.717) is 30.6 Å². The number of esters is 1. The molecule has 0 amide bonds. The number of carbonyl (C=O) groups is 3. The molecule has 170 valence electrons. The van der Waals surface area contributed by atoms with E-state index in [-0.39, 0.29) is 24.0 Å². The van der Waals surface area contributed by atoms with Crippen molar-refractivity contribution in [1.82, 2.24) is 14.5 Å². The molecule has 10 heteroatoms. The highest BCUT2D eigenvalue weighted by Crippen LogP contribution is 2.24. The molecule has 0 aliphatic rings. The molecule has 0 saturated heterocycles. The van der Waals surface area contributed by atoms with Gasteiger partial charge in [0.15, 0.2) is 5.16 Å². The SMILES string of the molecule is CN(C)CCOC(=O)CCc1cn(C(=O)OC(C)(C)C)c(SC(=O)OC(C)(C)C)n1. The number of carbonyl (C=O) groups excluding carboxylic acids is 3. The molecule has 30 heavy (non-hydrogen) atoms. The fraction of sp³-hybridized carbons (Fsp3) is 0.700. The Kier molecular flexibility index (Phi) is 9.35. The first kappa shape index (κ1) is 26.0. The molecule has 0 N–H and O–H groups in total. The van der Waals surface area contributed by atoms with Crippen molar-refractivity contribution in [3.05, 3.63) is 11.9 Å². The van der Waals surface area contributed by atoms with Crippen LogP contribution < -0.4 is 0 Å². The van der Waals surface area contributed by atoms with Gasteiger partial charge in [-0.3, -0.25) is 4.79 Å². The van der Waals surface area contributed by atoms with Crippen molar-refractivity contribution >= 4 is 29.1 Å². The summed E-state index contributed by atoms with van der Waals surface area (Å²) >= 11 is 0.692. The van der Waals surface area contributed by atoms with Gasteiger partial charge in [-0.05, 0) is 55.6 Å². The van der Waals surface area contributed by atoms with Crippen LogP contribution in [0.15, 0.2) is 11.4 Å². The number of ether oxygens (including phenoxy) is 3. The lowest BCUT2D eigenvalue weighted by atomic mass is 10.2. The number of likely N-dealkylation sites (N-methyl/N-ethyl adjacent to an activating group) is 1. The van der Waals surface area contributed by atoms with Gasteiger partial charge in [-0.25, -0.2) is 19.1 Å². The van der Waals surface area contributed by atoms with Gasteiger partial charge in [0, 0.05) is 30.9 Å². The predicted octanol–water partition coefficient (Wildman–Crippen LogP) is 3.73. The van der Waals surface area contributed by atoms with Crippen LogP contribution in [-0.2, 0) is 25.4 Å². The molecular weight excluding hydrogens is 410 g/mol. The molecule has 1 aromatic heterocycles. The number of hydrogen-bond donors (Lipinski definition) is 0. The van der Waals surface area contributed by atoms with Gasteiger partial charge >= 0.3 is 17.4 Å². The molecule has 0 aliphatic heterocycles. The summed E-state index contributed by atoms with van der Waals surface area (Å²) in [7, 11) is 3.78. The van der Waals surface area contributed by atoms with E-state index in [2.05, 4.69) is 4.98 Å². The molecule has 0 unspecified atom stereocenters. The molecule has 1 rings (SSSR count). The van der Waals surface area contributed by atoms with Gasteiger partial charge in [0.1, 0.15) is 17.8 Å². The Morgan fingerprint density at radius 2 is 1.67 bits per heavy atom. The lowest BCUT2D eigenvalue weighted by molar-refractivity contribution is -0.143. The number of thioether (sulfide) groups is 1. The second-order valence-electron chi connectivity index (χ2n) is 8.96. The maximum atomic E-state index is 12.5. The monoisotopic (exact) mass is 443 g/mol. The van der Waals surface area contributed by atoms with E-state index >= 15 is 0 Å². The normalized spacial score (nSPS) is 12.0. The first-order valence-corrected chi connectivity index (χ1v) is 10.5. The van der Waals surface area contributed by atoms with Gasteiger partial charge in [0.25, 0.3) is 0 Å². The van der Waals surface area contributed by atoms with Crippen molar-refractivity contribution in [2.75, 3.05) is 27.2 Å². The van der Waals surface area contributed by atoms with Crippen LogP contribution in [-0.4, -0.2) is 70.3 Å². The number of nitrogens with zero attached hydrogens (tertiary/aromatic N) is 3. The summed E-state index contributed by atoms with van der Waals surface area (Å²) in [6.45, 7) is 11.4. The maximum absolute atomic E-state index is 12.5. The van der Waals surface area contributed by atoms with Crippen molar-refractivity contribution in [2.45, 2.75) is 70.7 Å². The van der Waals surface area contributed by atoms with E-state index in [1.807, 2.05) is 19.0 Å². The molecule has 0 aliphatic carbocycles. The van der Waals surface area contributed by atoms with Crippen LogP contribution in [0.25, 0.3) is 0 Å². The average molecular weight is 444 g/mol. The van der Waals surface area contributed by atoms with Gasteiger partial charge in [-0.1, -0.05) is 0 Å². The lowest BCUT2D eigenvalue weighted by Crippen LogP contribution is -2.27. The van der Waals surface area contributed by atoms with E-state index in [4.69, 9.17) is 14.2 Å². The molecule has 0 bridgehead atoms. The minimum atomic E-state index is -0.717. The molecule has 0 aromatic carbocycles. The van der Waals surface area contributed by atoms with Crippen LogP contribution in [0.2, 0.25) is 0 Å². The summed E-state index contributed by atoms with van der Waals surface area (Å²) in [6, 6.07) is 0. The second-order valence-corrected chi connectivity index (χ2v) is 9.86. The zero-order valence-electron chi connectivity index (χ0n) is 19.1. The molecular formula is C20H33N3O6S. The Labute approximate surface area is 182 Å². The number of imidazole rings is 1. The summed E-state index contributed by atoms with van der Waals surface area (Å²) in [5, 5.41) is -0.470. The molecule has 9 nitrogen and oxygen atoms in total. The number of hydrogen-bond acceptors (Lipinski definition) is 9. The van der Waals surface area contributed by atoms with Crippen LogP contribution in [0.1, 0.15) is 53.7 Å². The smallest absolute Gasteiger partial charge is 0.420 e. The second kappa shape index (κ2) is 10.8. The summed E-state index contributed by atoms with van der Waals surface area (Å²) in [5.74, 6) is -0.356. The Hall–Kier alpha value is -2.07. The Bertz CT molecular complexity index is 747. The highest BCUT2D eigenvalue weighted by molar-refractivity contribution is 8.13. The van der Waals surface area contributed by atoms with E-state index in [0.717, 1.165) is 4.57 Å². The van der Waals surface area contributed by atoms with E-state index in [9.17, 15) is 14.4 Å². The Morgan fingerprint density at radius 3 is 2.20 bits per heavy atom. The fourth-order valence-electron chi connectivity index (χ4n) is 2.03. The van der Waals surface area contributed by atoms with Crippen LogP contribution >= 0.6 is 11.8 Å². The zero-order valence-corrected chi connectivity index (χ0v) is 19.9. The summed E-state index contributed by atoms with van der Waals surface area (Å²) in [5.41, 5.74) is -0.922. The molecule has 0 saturated carbocycles. The molecule has 0 radical (unpaired) electrons. The average Bonchev–Trinajstić information content (AvgIpc) is 2.92. The predicted molar refractivity (Wildman–Crippen MR) is 114 cm³/mol. The van der Waals surface area contributed by atoms with Crippen molar-refractivity contribution in [3.63, 3.8) is 0 Å². The third-order valence-corrected chi connectivity index (χ3v) is 3.99. The Morgan fingerprint density at radius 1 is 1.07 bits per heavy atom. The number of rotatable bonds is 7. The topological polar surface area (TPSA) is 100.0 Å². The minimum absolute atomic E-state index is 0.106. The van der Waals surface area contributed by atoms with Crippen LogP contribution in [0.4, 0.5) is 9.59 Å². The van der Waals surface area contributed by atoms with Crippen molar-refractivity contribution in [3.8, 4) is 0 Å². The minimum Gasteiger partial charge on any atom is -0.464 e. The van der Waals surface area contributed by atoms with E-state index in [1.165, 1.54) is 6.20 Å². The number of aromatic nitrogens is 2. The quantitative estimate of drug-likeness (QED) is 0.354. The standard InChI is InChI=1S/C20H33N3O6S/c1-19(2,3)28-17(25)23-13-14(9-10-15(24)27-12-11-22(7)8)21-16(23)30-18(26)29-20(4,5)6/h13H,9-12H2,1-8H3. The van der Waals surface area contributed by atoms with Crippen molar-refractivity contribution in [1.29, 1.82) is 0 Å².